The predicted molar refractivity (Wildman–Crippen MR) is 147 cm³/mol. The number of benzene rings is 2. The van der Waals surface area contributed by atoms with Gasteiger partial charge in [-0.25, -0.2) is 14.1 Å². The van der Waals surface area contributed by atoms with Gasteiger partial charge in [0.2, 0.25) is 0 Å². The molecule has 0 aliphatic carbocycles. The fourth-order valence-electron chi connectivity index (χ4n) is 3.77. The van der Waals surface area contributed by atoms with Crippen LogP contribution in [0.1, 0.15) is 95.0 Å². The van der Waals surface area contributed by atoms with Crippen LogP contribution in [0.3, 0.4) is 0 Å². The van der Waals surface area contributed by atoms with Crippen LogP contribution in [0.5, 0.6) is 0 Å². The van der Waals surface area contributed by atoms with Gasteiger partial charge in [-0.15, -0.1) is 4.36 Å². The first kappa shape index (κ1) is 29.6. The second-order valence-corrected chi connectivity index (χ2v) is 12.5. The number of anilines is 1. The molecule has 0 radical (unpaired) electrons. The normalized spacial score (nSPS) is 14.4. The Morgan fingerprint density at radius 3 is 1.75 bits per heavy atom. The van der Waals surface area contributed by atoms with Gasteiger partial charge in [0, 0.05) is 18.9 Å². The predicted octanol–water partition coefficient (Wildman–Crippen LogP) is 5.37. The summed E-state index contributed by atoms with van der Waals surface area (Å²) < 4.78 is 17.3. The van der Waals surface area contributed by atoms with Crippen LogP contribution in [-0.2, 0) is 21.1 Å². The fourth-order valence-corrected chi connectivity index (χ4v) is 4.76. The fraction of sp³-hybridized carbons (Fsp3) is 0.481. The molecule has 2 rings (SSSR count). The molecule has 0 spiro atoms. The Kier molecular flexibility index (Phi) is 8.89. The number of amides is 2. The summed E-state index contributed by atoms with van der Waals surface area (Å²) in [6, 6.07) is 7.59. The summed E-state index contributed by atoms with van der Waals surface area (Å²) in [4.78, 5) is 17.2. The third-order valence-corrected chi connectivity index (χ3v) is 7.20. The highest BCUT2D eigenvalue weighted by atomic mass is 32.2. The van der Waals surface area contributed by atoms with E-state index in [4.69, 9.17) is 5.14 Å². The van der Waals surface area contributed by atoms with E-state index in [1.165, 1.54) is 12.1 Å². The van der Waals surface area contributed by atoms with Gasteiger partial charge in [-0.1, -0.05) is 33.8 Å². The summed E-state index contributed by atoms with van der Waals surface area (Å²) in [6.45, 7) is 14.3. The molecule has 198 valence electrons. The minimum Gasteiger partial charge on any atom is -0.386 e. The molecule has 1 unspecified atom stereocenters. The molecule has 5 N–H and O–H groups in total. The van der Waals surface area contributed by atoms with Gasteiger partial charge in [-0.2, -0.15) is 0 Å². The molecular weight excluding hydrogens is 476 g/mol. The minimum atomic E-state index is -3.71. The van der Waals surface area contributed by atoms with E-state index in [1.54, 1.807) is 47.0 Å². The van der Waals surface area contributed by atoms with Gasteiger partial charge in [0.05, 0.1) is 16.1 Å². The molecular formula is C27H40N4O4S. The Hall–Kier alpha value is -2.59. The molecule has 2 amide bonds. The molecule has 0 aliphatic heterocycles. The second-order valence-electron chi connectivity index (χ2n) is 10.7. The summed E-state index contributed by atoms with van der Waals surface area (Å²) in [6.07, 6.45) is 1.76. The quantitative estimate of drug-likeness (QED) is 0.368. The van der Waals surface area contributed by atoms with Gasteiger partial charge in [0.1, 0.15) is 9.92 Å². The van der Waals surface area contributed by atoms with E-state index >= 15 is 0 Å². The van der Waals surface area contributed by atoms with Crippen LogP contribution < -0.4 is 10.5 Å². The van der Waals surface area contributed by atoms with Gasteiger partial charge in [0.25, 0.3) is 0 Å². The molecule has 8 nitrogen and oxygen atoms in total. The third kappa shape index (κ3) is 7.22. The highest BCUT2D eigenvalue weighted by Crippen LogP contribution is 2.34. The van der Waals surface area contributed by atoms with Gasteiger partial charge in [-0.3, -0.25) is 4.99 Å². The molecule has 0 bridgehead atoms. The van der Waals surface area contributed by atoms with E-state index in [2.05, 4.69) is 14.7 Å². The maximum absolute atomic E-state index is 13.5. The first-order valence-corrected chi connectivity index (χ1v) is 13.5. The number of nitrogens with one attached hydrogen (secondary N) is 1. The monoisotopic (exact) mass is 516 g/mol. The van der Waals surface area contributed by atoms with Gasteiger partial charge >= 0.3 is 6.03 Å². The lowest BCUT2D eigenvalue weighted by atomic mass is 9.90. The van der Waals surface area contributed by atoms with E-state index < -0.39 is 27.1 Å². The van der Waals surface area contributed by atoms with Crippen molar-refractivity contribution in [3.63, 3.8) is 0 Å². The Balaban J connectivity index is 2.64. The largest absolute Gasteiger partial charge is 0.386 e. The molecule has 0 saturated heterocycles. The average Bonchev–Trinajstić information content (AvgIpc) is 2.72. The van der Waals surface area contributed by atoms with Crippen LogP contribution in [0.4, 0.5) is 10.5 Å². The lowest BCUT2D eigenvalue weighted by molar-refractivity contribution is 0.0713. The Bertz CT molecular complexity index is 1210. The number of nitrogens with two attached hydrogens (primary N) is 1. The van der Waals surface area contributed by atoms with Crippen LogP contribution in [-0.4, -0.2) is 33.7 Å². The van der Waals surface area contributed by atoms with E-state index in [-0.39, 0.29) is 16.7 Å². The van der Waals surface area contributed by atoms with Gasteiger partial charge < -0.3 is 15.5 Å². The number of carbonyl (C=O) groups excluding carboxylic acids is 1. The number of aliphatic imine (C=N–C) groups is 1. The molecule has 1 atom stereocenters. The van der Waals surface area contributed by atoms with Crippen molar-refractivity contribution in [2.24, 2.45) is 14.5 Å². The van der Waals surface area contributed by atoms with Crippen molar-refractivity contribution in [3.8, 4) is 0 Å². The van der Waals surface area contributed by atoms with Crippen molar-refractivity contribution in [1.29, 1.82) is 0 Å². The number of hydrogen-bond acceptors (Lipinski definition) is 5. The summed E-state index contributed by atoms with van der Waals surface area (Å²) in [7, 11) is -2.01. The maximum atomic E-state index is 13.5. The Morgan fingerprint density at radius 1 is 0.944 bits per heavy atom. The molecule has 0 saturated carbocycles. The summed E-state index contributed by atoms with van der Waals surface area (Å²) >= 11 is 0. The van der Waals surface area contributed by atoms with Crippen molar-refractivity contribution in [2.45, 2.75) is 83.3 Å². The molecule has 2 aromatic carbocycles. The lowest BCUT2D eigenvalue weighted by Crippen LogP contribution is -2.24. The van der Waals surface area contributed by atoms with E-state index in [1.807, 2.05) is 39.8 Å². The minimum absolute atomic E-state index is 0.0390. The molecule has 0 heterocycles. The van der Waals surface area contributed by atoms with Crippen LogP contribution >= 0.6 is 0 Å². The number of aliphatic hydroxyl groups is 2. The van der Waals surface area contributed by atoms with Crippen LogP contribution in [0.25, 0.3) is 0 Å². The smallest absolute Gasteiger partial charge is 0.354 e. The van der Waals surface area contributed by atoms with Crippen LogP contribution in [0.15, 0.2) is 44.6 Å². The first-order chi connectivity index (χ1) is 16.4. The zero-order valence-electron chi connectivity index (χ0n) is 22.7. The first-order valence-electron chi connectivity index (χ1n) is 11.9. The van der Waals surface area contributed by atoms with Crippen molar-refractivity contribution in [3.05, 3.63) is 58.1 Å². The molecule has 0 fully saturated rings. The topological polar surface area (TPSA) is 137 Å². The highest BCUT2D eigenvalue weighted by Gasteiger charge is 2.25. The maximum Gasteiger partial charge on any atom is 0.354 e. The summed E-state index contributed by atoms with van der Waals surface area (Å²) in [5.41, 5.74) is 1.52. The summed E-state index contributed by atoms with van der Waals surface area (Å²) in [5, 5.41) is 30.0. The zero-order chi connectivity index (χ0) is 27.6. The van der Waals surface area contributed by atoms with E-state index in [9.17, 15) is 19.2 Å². The van der Waals surface area contributed by atoms with E-state index in [0.717, 1.165) is 16.7 Å². The summed E-state index contributed by atoms with van der Waals surface area (Å²) in [5.74, 6) is 0.172. The van der Waals surface area contributed by atoms with Gasteiger partial charge in [0.15, 0.2) is 0 Å². The average molecular weight is 517 g/mol. The highest BCUT2D eigenvalue weighted by molar-refractivity contribution is 7.91. The lowest BCUT2D eigenvalue weighted by Gasteiger charge is -2.24. The zero-order valence-corrected chi connectivity index (χ0v) is 23.5. The molecule has 2 aromatic rings. The van der Waals surface area contributed by atoms with Crippen molar-refractivity contribution >= 4 is 27.8 Å². The van der Waals surface area contributed by atoms with Crippen molar-refractivity contribution in [1.82, 2.24) is 0 Å². The third-order valence-electron chi connectivity index (χ3n) is 5.85. The van der Waals surface area contributed by atoms with Crippen LogP contribution in [0.2, 0.25) is 0 Å². The molecule has 9 heteroatoms. The molecule has 0 aliphatic rings. The number of carbonyl (C=O) groups is 1. The number of nitrogens with zero attached hydrogens (tertiary/aromatic N) is 2. The van der Waals surface area contributed by atoms with Crippen molar-refractivity contribution < 1.29 is 19.2 Å². The Labute approximate surface area is 215 Å². The van der Waals surface area contributed by atoms with E-state index in [0.29, 0.717) is 16.8 Å². The Morgan fingerprint density at radius 2 is 1.39 bits per heavy atom. The standard InChI is InChI=1S/C27H40N4O4S/c1-16(2)22-10-18(15-29-9)11-23(17(3)4)24(22)30-25(32)31-36(28,35)21-13-19(26(5,6)33)12-20(14-21)27(7,8)34/h10-17,33-34H,1-9H3,(H3,28,30,31,32,35). The van der Waals surface area contributed by atoms with Crippen LogP contribution in [0, 0.1) is 0 Å². The molecule has 0 aromatic heterocycles. The SMILES string of the molecule is CN=Cc1cc(C(C)C)c(NC(=O)N=S(N)(=O)c2cc(C(C)(C)O)cc(C(C)(C)O)c2)c(C(C)C)c1. The number of urea groups is 1. The van der Waals surface area contributed by atoms with Crippen molar-refractivity contribution in [2.75, 3.05) is 12.4 Å². The number of hydrogen-bond donors (Lipinski definition) is 4. The number of rotatable bonds is 7. The van der Waals surface area contributed by atoms with Gasteiger partial charge in [-0.05, 0) is 91.6 Å². The molecule has 36 heavy (non-hydrogen) atoms. The second kappa shape index (κ2) is 10.8.